The van der Waals surface area contributed by atoms with E-state index >= 15 is 0 Å². The van der Waals surface area contributed by atoms with Crippen molar-refractivity contribution in [3.8, 4) is 0 Å². The number of rotatable bonds is 7. The Labute approximate surface area is 217 Å². The van der Waals surface area contributed by atoms with Gasteiger partial charge in [0.2, 0.25) is 0 Å². The average Bonchev–Trinajstić information content (AvgIpc) is 2.94. The van der Waals surface area contributed by atoms with Crippen molar-refractivity contribution >= 4 is 34.9 Å². The van der Waals surface area contributed by atoms with Crippen molar-refractivity contribution in [1.29, 1.82) is 0 Å². The molecule has 0 aliphatic carbocycles. The molecule has 1 aliphatic heterocycles. The highest BCUT2D eigenvalue weighted by Crippen LogP contribution is 2.46. The zero-order valence-corrected chi connectivity index (χ0v) is 20.2. The van der Waals surface area contributed by atoms with Crippen molar-refractivity contribution in [3.05, 3.63) is 129 Å². The summed E-state index contributed by atoms with van der Waals surface area (Å²) >= 11 is 6.14. The van der Waals surface area contributed by atoms with E-state index in [-0.39, 0.29) is 18.1 Å². The van der Waals surface area contributed by atoms with Gasteiger partial charge >= 0.3 is 0 Å². The first-order valence-electron chi connectivity index (χ1n) is 11.5. The van der Waals surface area contributed by atoms with Crippen LogP contribution in [0.4, 0.5) is 11.5 Å². The van der Waals surface area contributed by atoms with Crippen molar-refractivity contribution in [2.24, 2.45) is 5.18 Å². The molecule has 1 N–H and O–H groups in total. The number of carbonyl (C=O) groups is 2. The number of nitrogens with one attached hydrogen (secondary N) is 1. The van der Waals surface area contributed by atoms with Gasteiger partial charge in [-0.05, 0) is 52.2 Å². The van der Waals surface area contributed by atoms with Gasteiger partial charge in [-0.3, -0.25) is 19.3 Å². The normalized spacial score (nSPS) is 16.7. The van der Waals surface area contributed by atoms with Gasteiger partial charge in [0.05, 0.1) is 18.6 Å². The third-order valence-electron chi connectivity index (χ3n) is 6.18. The van der Waals surface area contributed by atoms with Crippen molar-refractivity contribution in [3.63, 3.8) is 0 Å². The minimum atomic E-state index is -0.896. The number of carbonyl (C=O) groups excluding carboxylic acids is 2. The monoisotopic (exact) mass is 512 g/mol. The Morgan fingerprint density at radius 2 is 1.70 bits per heavy atom. The molecule has 2 amide bonds. The number of nitrogens with zero attached hydrogens (tertiary/aromatic N) is 3. The highest BCUT2D eigenvalue weighted by molar-refractivity contribution is 6.30. The number of hydrogen-bond acceptors (Lipinski definition) is 6. The summed E-state index contributed by atoms with van der Waals surface area (Å²) in [6, 6.07) is 25.3. The van der Waals surface area contributed by atoms with Crippen LogP contribution < -0.4 is 10.4 Å². The number of pyridine rings is 1. The van der Waals surface area contributed by atoms with Gasteiger partial charge in [-0.2, -0.15) is 0 Å². The Hall–Kier alpha value is -4.40. The number of benzene rings is 3. The van der Waals surface area contributed by atoms with Crippen LogP contribution in [0, 0.1) is 4.91 Å². The lowest BCUT2D eigenvalue weighted by Crippen LogP contribution is -2.48. The second kappa shape index (κ2) is 10.7. The fourth-order valence-electron chi connectivity index (χ4n) is 4.53. The summed E-state index contributed by atoms with van der Waals surface area (Å²) in [6.07, 6.45) is 1.47. The summed E-state index contributed by atoms with van der Waals surface area (Å²) in [6.45, 7) is 0.161. The van der Waals surface area contributed by atoms with E-state index in [1.54, 1.807) is 54.6 Å². The summed E-state index contributed by atoms with van der Waals surface area (Å²) in [5.74, 6) is -1.71. The summed E-state index contributed by atoms with van der Waals surface area (Å²) in [5.41, 5.74) is 4.89. The Balaban J connectivity index is 1.61. The maximum absolute atomic E-state index is 13.9. The number of aromatic nitrogens is 1. The second-order valence-electron chi connectivity index (χ2n) is 8.41. The lowest BCUT2D eigenvalue weighted by molar-refractivity contribution is -0.136. The maximum Gasteiger partial charge on any atom is 0.260 e. The van der Waals surface area contributed by atoms with Gasteiger partial charge in [0.1, 0.15) is 0 Å². The Morgan fingerprint density at radius 3 is 2.46 bits per heavy atom. The molecule has 2 atom stereocenters. The average molecular weight is 513 g/mol. The number of anilines is 1. The molecule has 3 aromatic carbocycles. The number of halogens is 1. The van der Waals surface area contributed by atoms with Gasteiger partial charge in [0, 0.05) is 16.8 Å². The molecule has 0 bridgehead atoms. The molecule has 0 unspecified atom stereocenters. The third-order valence-corrected chi connectivity index (χ3v) is 6.43. The van der Waals surface area contributed by atoms with Gasteiger partial charge in [0.15, 0.2) is 11.5 Å². The molecule has 0 saturated heterocycles. The maximum atomic E-state index is 13.9. The van der Waals surface area contributed by atoms with E-state index in [4.69, 9.17) is 16.4 Å². The van der Waals surface area contributed by atoms with Crippen LogP contribution >= 0.6 is 11.6 Å². The first kappa shape index (κ1) is 24.3. The number of amides is 2. The van der Waals surface area contributed by atoms with E-state index < -0.39 is 23.8 Å². The summed E-state index contributed by atoms with van der Waals surface area (Å²) < 4.78 is 0. The molecule has 4 aromatic rings. The number of hydroxylamine groups is 1. The van der Waals surface area contributed by atoms with E-state index in [0.717, 1.165) is 5.56 Å². The Morgan fingerprint density at radius 1 is 0.973 bits per heavy atom. The molecule has 5 rings (SSSR count). The van der Waals surface area contributed by atoms with E-state index in [1.165, 1.54) is 17.2 Å². The molecule has 0 fully saturated rings. The van der Waals surface area contributed by atoms with E-state index in [1.807, 2.05) is 30.3 Å². The molecule has 8 nitrogen and oxygen atoms in total. The molecule has 0 saturated carbocycles. The van der Waals surface area contributed by atoms with E-state index in [9.17, 15) is 14.5 Å². The molecule has 184 valence electrons. The number of hydrogen-bond donors (Lipinski definition) is 1. The topological polar surface area (TPSA) is 101 Å². The molecular formula is C28H21ClN4O4. The Bertz CT molecular complexity index is 1450. The fourth-order valence-corrected chi connectivity index (χ4v) is 4.65. The quantitative estimate of drug-likeness (QED) is 0.246. The molecule has 0 spiro atoms. The molecule has 9 heteroatoms. The van der Waals surface area contributed by atoms with Crippen LogP contribution in [-0.4, -0.2) is 16.8 Å². The van der Waals surface area contributed by atoms with Crippen LogP contribution in [0.5, 0.6) is 0 Å². The standard InChI is InChI=1S/C28H21ClN4O4/c29-20-14-12-19(13-15-20)25-24(27(34)32-37-17-18-7-2-1-3-8-18)21-9-4-5-10-22(21)28(35)33(25)26-23(31-36)11-6-16-30-26/h1-16,24-25H,17H2,(H,32,34)/t24-,25+/m1/s1. The largest absolute Gasteiger partial charge is 0.282 e. The lowest BCUT2D eigenvalue weighted by atomic mass is 9.79. The van der Waals surface area contributed by atoms with Gasteiger partial charge in [-0.1, -0.05) is 72.3 Å². The zero-order chi connectivity index (χ0) is 25.8. The summed E-state index contributed by atoms with van der Waals surface area (Å²) in [4.78, 5) is 50.5. The van der Waals surface area contributed by atoms with Gasteiger partial charge in [0.25, 0.3) is 11.8 Å². The minimum absolute atomic E-state index is 0.0197. The van der Waals surface area contributed by atoms with Gasteiger partial charge in [-0.15, -0.1) is 4.91 Å². The van der Waals surface area contributed by atoms with Crippen LogP contribution in [0.1, 0.15) is 39.0 Å². The van der Waals surface area contributed by atoms with Crippen LogP contribution in [0.2, 0.25) is 5.02 Å². The lowest BCUT2D eigenvalue weighted by Gasteiger charge is -2.41. The molecule has 2 heterocycles. The van der Waals surface area contributed by atoms with Crippen molar-refractivity contribution < 1.29 is 14.4 Å². The van der Waals surface area contributed by atoms with Crippen molar-refractivity contribution in [2.45, 2.75) is 18.6 Å². The third kappa shape index (κ3) is 4.84. The SMILES string of the molecule is O=Nc1cccnc1N1C(=O)c2ccccc2[C@@H](C(=O)NOCc2ccccc2)[C@@H]1c1ccc(Cl)cc1. The Kier molecular flexibility index (Phi) is 7.02. The van der Waals surface area contributed by atoms with E-state index in [0.29, 0.717) is 21.7 Å². The summed E-state index contributed by atoms with van der Waals surface area (Å²) in [5, 5.41) is 3.58. The van der Waals surface area contributed by atoms with E-state index in [2.05, 4.69) is 15.6 Å². The second-order valence-corrected chi connectivity index (χ2v) is 8.85. The first-order chi connectivity index (χ1) is 18.1. The minimum Gasteiger partial charge on any atom is -0.282 e. The molecule has 0 radical (unpaired) electrons. The molecule has 1 aromatic heterocycles. The first-order valence-corrected chi connectivity index (χ1v) is 11.9. The highest BCUT2D eigenvalue weighted by atomic mass is 35.5. The molecular weight excluding hydrogens is 492 g/mol. The van der Waals surface area contributed by atoms with Crippen LogP contribution in [0.25, 0.3) is 0 Å². The predicted molar refractivity (Wildman–Crippen MR) is 139 cm³/mol. The van der Waals surface area contributed by atoms with Crippen LogP contribution in [0.15, 0.2) is 102 Å². The van der Waals surface area contributed by atoms with Crippen molar-refractivity contribution in [2.75, 3.05) is 4.90 Å². The van der Waals surface area contributed by atoms with Crippen LogP contribution in [0.3, 0.4) is 0 Å². The predicted octanol–water partition coefficient (Wildman–Crippen LogP) is 5.87. The molecule has 37 heavy (non-hydrogen) atoms. The number of nitroso groups, excluding NO2 is 1. The smallest absolute Gasteiger partial charge is 0.260 e. The van der Waals surface area contributed by atoms with Gasteiger partial charge in [-0.25, -0.2) is 10.5 Å². The zero-order valence-electron chi connectivity index (χ0n) is 19.5. The van der Waals surface area contributed by atoms with Crippen molar-refractivity contribution in [1.82, 2.24) is 10.5 Å². The number of fused-ring (bicyclic) bond motifs is 1. The fraction of sp³-hybridized carbons (Fsp3) is 0.107. The summed E-state index contributed by atoms with van der Waals surface area (Å²) in [7, 11) is 0. The van der Waals surface area contributed by atoms with Gasteiger partial charge < -0.3 is 0 Å². The molecule has 1 aliphatic rings. The van der Waals surface area contributed by atoms with Crippen LogP contribution in [-0.2, 0) is 16.2 Å². The highest BCUT2D eigenvalue weighted by Gasteiger charge is 2.46.